The van der Waals surface area contributed by atoms with Crippen LogP contribution in [0.25, 0.3) is 0 Å². The Morgan fingerprint density at radius 3 is 2.06 bits per heavy atom. The van der Waals surface area contributed by atoms with Crippen LogP contribution < -0.4 is 11.5 Å². The highest BCUT2D eigenvalue weighted by Gasteiger charge is 2.11. The highest BCUT2D eigenvalue weighted by atomic mass is 14.6. The van der Waals surface area contributed by atoms with Crippen LogP contribution in [0.5, 0.6) is 0 Å². The van der Waals surface area contributed by atoms with Gasteiger partial charge in [-0.05, 0) is 48.9 Å². The minimum Gasteiger partial charge on any atom is -0.330 e. The molecule has 16 heavy (non-hydrogen) atoms. The third-order valence-corrected chi connectivity index (χ3v) is 3.31. The predicted molar refractivity (Wildman–Crippen MR) is 70.5 cm³/mol. The molecule has 0 heterocycles. The van der Waals surface area contributed by atoms with Crippen LogP contribution in [-0.2, 0) is 6.42 Å². The zero-order chi connectivity index (χ0) is 12.0. The molecule has 1 rings (SSSR count). The molecule has 0 aliphatic carbocycles. The van der Waals surface area contributed by atoms with Crippen LogP contribution in [0.3, 0.4) is 0 Å². The number of aryl methyl sites for hydroxylation is 1. The largest absolute Gasteiger partial charge is 0.330 e. The molecule has 4 N–H and O–H groups in total. The van der Waals surface area contributed by atoms with Gasteiger partial charge in [-0.2, -0.15) is 0 Å². The van der Waals surface area contributed by atoms with E-state index in [0.29, 0.717) is 24.9 Å². The van der Waals surface area contributed by atoms with Crippen LogP contribution in [0.2, 0.25) is 0 Å². The molecule has 0 fully saturated rings. The maximum absolute atomic E-state index is 5.68. The van der Waals surface area contributed by atoms with Gasteiger partial charge in [0, 0.05) is 0 Å². The molecule has 90 valence electrons. The van der Waals surface area contributed by atoms with E-state index >= 15 is 0 Å². The van der Waals surface area contributed by atoms with Gasteiger partial charge in [0.25, 0.3) is 0 Å². The highest BCUT2D eigenvalue weighted by molar-refractivity contribution is 5.25. The van der Waals surface area contributed by atoms with Gasteiger partial charge in [-0.15, -0.1) is 0 Å². The smallest absolute Gasteiger partial charge is 0.00366 e. The summed E-state index contributed by atoms with van der Waals surface area (Å²) in [6, 6.07) is 8.89. The molecule has 1 atom stereocenters. The number of rotatable bonds is 6. The molecule has 0 saturated carbocycles. The zero-order valence-electron chi connectivity index (χ0n) is 10.4. The van der Waals surface area contributed by atoms with Crippen LogP contribution in [0.15, 0.2) is 24.3 Å². The van der Waals surface area contributed by atoms with E-state index in [1.54, 1.807) is 0 Å². The first-order chi connectivity index (χ1) is 7.71. The maximum Gasteiger partial charge on any atom is -0.00366 e. The normalized spacial score (nSPS) is 13.1. The van der Waals surface area contributed by atoms with Crippen LogP contribution >= 0.6 is 0 Å². The Hall–Kier alpha value is -0.860. The molecule has 0 amide bonds. The van der Waals surface area contributed by atoms with E-state index in [0.717, 1.165) is 12.8 Å². The molecule has 0 saturated heterocycles. The summed E-state index contributed by atoms with van der Waals surface area (Å²) in [6.07, 6.45) is 2.18. The second-order valence-corrected chi connectivity index (χ2v) is 4.57. The average Bonchev–Trinajstić information content (AvgIpc) is 2.35. The third-order valence-electron chi connectivity index (χ3n) is 3.31. The van der Waals surface area contributed by atoms with Gasteiger partial charge in [-0.3, -0.25) is 0 Å². The van der Waals surface area contributed by atoms with Crippen molar-refractivity contribution in [1.29, 1.82) is 0 Å². The molecule has 0 spiro atoms. The van der Waals surface area contributed by atoms with Gasteiger partial charge < -0.3 is 11.5 Å². The summed E-state index contributed by atoms with van der Waals surface area (Å²) in [4.78, 5) is 0. The van der Waals surface area contributed by atoms with Crippen molar-refractivity contribution in [3.8, 4) is 0 Å². The summed E-state index contributed by atoms with van der Waals surface area (Å²) in [6.45, 7) is 5.80. The number of hydrogen-bond acceptors (Lipinski definition) is 2. The Morgan fingerprint density at radius 1 is 1.06 bits per heavy atom. The van der Waals surface area contributed by atoms with Gasteiger partial charge in [0.15, 0.2) is 0 Å². The first-order valence-electron chi connectivity index (χ1n) is 6.20. The molecule has 0 aliphatic rings. The van der Waals surface area contributed by atoms with Crippen molar-refractivity contribution in [3.63, 3.8) is 0 Å². The fraction of sp³-hybridized carbons (Fsp3) is 0.571. The molecule has 0 aromatic heterocycles. The number of hydrogen-bond donors (Lipinski definition) is 2. The van der Waals surface area contributed by atoms with Gasteiger partial charge in [0.05, 0.1) is 0 Å². The summed E-state index contributed by atoms with van der Waals surface area (Å²) in [5.74, 6) is 0.990. The molecule has 2 nitrogen and oxygen atoms in total. The second kappa shape index (κ2) is 6.66. The minimum absolute atomic E-state index is 0.445. The van der Waals surface area contributed by atoms with Crippen molar-refractivity contribution >= 4 is 0 Å². The lowest BCUT2D eigenvalue weighted by Gasteiger charge is -2.18. The van der Waals surface area contributed by atoms with E-state index < -0.39 is 0 Å². The third kappa shape index (κ3) is 3.62. The lowest BCUT2D eigenvalue weighted by molar-refractivity contribution is 0.465. The van der Waals surface area contributed by atoms with Crippen LogP contribution in [0, 0.1) is 5.92 Å². The van der Waals surface area contributed by atoms with E-state index in [1.807, 2.05) is 0 Å². The van der Waals surface area contributed by atoms with E-state index in [2.05, 4.69) is 38.1 Å². The van der Waals surface area contributed by atoms with E-state index in [4.69, 9.17) is 11.5 Å². The molecule has 0 radical (unpaired) electrons. The molecule has 0 aliphatic heterocycles. The van der Waals surface area contributed by atoms with Gasteiger partial charge in [0.1, 0.15) is 0 Å². The van der Waals surface area contributed by atoms with Crippen LogP contribution in [-0.4, -0.2) is 13.1 Å². The van der Waals surface area contributed by atoms with E-state index in [1.165, 1.54) is 11.1 Å². The van der Waals surface area contributed by atoms with Gasteiger partial charge in [-0.1, -0.05) is 38.1 Å². The summed E-state index contributed by atoms with van der Waals surface area (Å²) >= 11 is 0. The molecule has 1 unspecified atom stereocenters. The van der Waals surface area contributed by atoms with Crippen molar-refractivity contribution in [2.75, 3.05) is 13.1 Å². The molecular weight excluding hydrogens is 196 g/mol. The SMILES string of the molecule is CCc1ccc(C(C)CC(CN)CN)cc1. The topological polar surface area (TPSA) is 52.0 Å². The average molecular weight is 220 g/mol. The lowest BCUT2D eigenvalue weighted by Crippen LogP contribution is -2.24. The van der Waals surface area contributed by atoms with Gasteiger partial charge >= 0.3 is 0 Å². The quantitative estimate of drug-likeness (QED) is 0.772. The highest BCUT2D eigenvalue weighted by Crippen LogP contribution is 2.23. The van der Waals surface area contributed by atoms with Gasteiger partial charge in [0.2, 0.25) is 0 Å². The van der Waals surface area contributed by atoms with Crippen LogP contribution in [0.1, 0.15) is 37.3 Å². The summed E-state index contributed by atoms with van der Waals surface area (Å²) in [7, 11) is 0. The second-order valence-electron chi connectivity index (χ2n) is 4.57. The van der Waals surface area contributed by atoms with E-state index in [9.17, 15) is 0 Å². The van der Waals surface area contributed by atoms with Gasteiger partial charge in [-0.25, -0.2) is 0 Å². The van der Waals surface area contributed by atoms with Crippen molar-refractivity contribution in [2.45, 2.75) is 32.6 Å². The fourth-order valence-corrected chi connectivity index (χ4v) is 2.01. The Balaban J connectivity index is 2.61. The Morgan fingerprint density at radius 2 is 1.62 bits per heavy atom. The van der Waals surface area contributed by atoms with Crippen molar-refractivity contribution < 1.29 is 0 Å². The zero-order valence-corrected chi connectivity index (χ0v) is 10.4. The predicted octanol–water partition coefficient (Wildman–Crippen LogP) is 2.28. The summed E-state index contributed by atoms with van der Waals surface area (Å²) < 4.78 is 0. The summed E-state index contributed by atoms with van der Waals surface area (Å²) in [5.41, 5.74) is 14.1. The molecule has 1 aromatic rings. The van der Waals surface area contributed by atoms with Crippen molar-refractivity contribution in [2.24, 2.45) is 17.4 Å². The minimum atomic E-state index is 0.445. The first kappa shape index (κ1) is 13.2. The summed E-state index contributed by atoms with van der Waals surface area (Å²) in [5, 5.41) is 0. The fourth-order valence-electron chi connectivity index (χ4n) is 2.01. The monoisotopic (exact) mass is 220 g/mol. The number of benzene rings is 1. The first-order valence-corrected chi connectivity index (χ1v) is 6.20. The standard InChI is InChI=1S/C14H24N2/c1-3-12-4-6-14(7-5-12)11(2)8-13(9-15)10-16/h4-7,11,13H,3,8-10,15-16H2,1-2H3. The lowest BCUT2D eigenvalue weighted by atomic mass is 9.90. The Labute approximate surface area is 99.0 Å². The van der Waals surface area contributed by atoms with E-state index in [-0.39, 0.29) is 0 Å². The molecule has 1 aromatic carbocycles. The molecular formula is C14H24N2. The van der Waals surface area contributed by atoms with Crippen LogP contribution in [0.4, 0.5) is 0 Å². The molecule has 0 bridgehead atoms. The maximum atomic E-state index is 5.68. The number of nitrogens with two attached hydrogens (primary N) is 2. The Kier molecular flexibility index (Phi) is 5.50. The van der Waals surface area contributed by atoms with Crippen molar-refractivity contribution in [1.82, 2.24) is 0 Å². The van der Waals surface area contributed by atoms with Crippen molar-refractivity contribution in [3.05, 3.63) is 35.4 Å². The molecule has 2 heteroatoms. The Bertz CT molecular complexity index is 288.